The fourth-order valence-corrected chi connectivity index (χ4v) is 7.10. The normalized spacial score (nSPS) is 15.6. The van der Waals surface area contributed by atoms with Gasteiger partial charge in [-0.1, -0.05) is 43.3 Å². The van der Waals surface area contributed by atoms with Crippen molar-refractivity contribution >= 4 is 43.6 Å². The summed E-state index contributed by atoms with van der Waals surface area (Å²) in [5.41, 5.74) is 7.15. The van der Waals surface area contributed by atoms with E-state index in [2.05, 4.69) is 20.6 Å². The van der Waals surface area contributed by atoms with E-state index >= 15 is 0 Å². The van der Waals surface area contributed by atoms with Gasteiger partial charge in [0.2, 0.25) is 10.0 Å². The Morgan fingerprint density at radius 3 is 2.67 bits per heavy atom. The zero-order chi connectivity index (χ0) is 31.7. The van der Waals surface area contributed by atoms with Gasteiger partial charge in [0.05, 0.1) is 52.0 Å². The summed E-state index contributed by atoms with van der Waals surface area (Å²) in [6, 6.07) is 18.5. The Bertz CT molecular complexity index is 1980. The maximum atomic E-state index is 13.8. The van der Waals surface area contributed by atoms with Crippen molar-refractivity contribution in [1.29, 1.82) is 0 Å². The number of benzene rings is 3. The van der Waals surface area contributed by atoms with Crippen molar-refractivity contribution in [3.63, 3.8) is 0 Å². The number of anilines is 1. The third kappa shape index (κ3) is 6.42. The molecule has 11 heteroatoms. The van der Waals surface area contributed by atoms with Crippen LogP contribution in [0.3, 0.4) is 0 Å². The molecule has 3 N–H and O–H groups in total. The Hall–Kier alpha value is -4.32. The molecule has 1 aliphatic heterocycles. The molecule has 3 heterocycles. The van der Waals surface area contributed by atoms with Crippen molar-refractivity contribution in [3.05, 3.63) is 101 Å². The van der Waals surface area contributed by atoms with E-state index in [1.165, 1.54) is 11.4 Å². The van der Waals surface area contributed by atoms with Gasteiger partial charge in [0.1, 0.15) is 0 Å². The van der Waals surface area contributed by atoms with Gasteiger partial charge in [-0.05, 0) is 60.7 Å². The standard InChI is InChI=1S/C34H38N6O4S/c1-4-24-21-40-12-13-45(43,44)39(3)31-17-25(16-27(24)33(31)40)34(42)38-30(15-23-8-6-5-7-9-23)32(41)20-35-18-26-19-36-29-14-22(2)10-11-28(29)37-26/h5-11,14,16-17,19,21,30,32,35,41H,4,12-13,15,18,20H2,1-3H3,(H,38,42)/t30-,32?/m0/s1. The van der Waals surface area contributed by atoms with Crippen LogP contribution in [-0.2, 0) is 36.0 Å². The minimum atomic E-state index is -3.55. The van der Waals surface area contributed by atoms with Gasteiger partial charge in [0, 0.05) is 43.8 Å². The van der Waals surface area contributed by atoms with E-state index in [0.29, 0.717) is 30.8 Å². The zero-order valence-electron chi connectivity index (χ0n) is 25.7. The molecule has 3 aromatic carbocycles. The lowest BCUT2D eigenvalue weighted by molar-refractivity contribution is 0.0830. The van der Waals surface area contributed by atoms with Crippen LogP contribution < -0.4 is 14.9 Å². The number of nitrogens with one attached hydrogen (secondary N) is 2. The molecule has 0 saturated heterocycles. The number of aliphatic hydroxyl groups is 1. The number of hydrogen-bond acceptors (Lipinski definition) is 7. The lowest BCUT2D eigenvalue weighted by Gasteiger charge is -2.25. The third-order valence-corrected chi connectivity index (χ3v) is 10.2. The van der Waals surface area contributed by atoms with Crippen LogP contribution in [-0.4, -0.2) is 65.5 Å². The first-order valence-corrected chi connectivity index (χ1v) is 16.8. The number of aromatic nitrogens is 3. The van der Waals surface area contributed by atoms with Crippen LogP contribution >= 0.6 is 0 Å². The van der Waals surface area contributed by atoms with Crippen molar-refractivity contribution in [2.24, 2.45) is 0 Å². The van der Waals surface area contributed by atoms with E-state index < -0.39 is 22.2 Å². The van der Waals surface area contributed by atoms with Gasteiger partial charge in [-0.25, -0.2) is 13.4 Å². The quantitative estimate of drug-likeness (QED) is 0.216. The molecule has 0 saturated carbocycles. The van der Waals surface area contributed by atoms with Gasteiger partial charge in [0.15, 0.2) is 0 Å². The predicted octanol–water partition coefficient (Wildman–Crippen LogP) is 3.73. The van der Waals surface area contributed by atoms with Crippen LogP contribution in [0, 0.1) is 6.92 Å². The van der Waals surface area contributed by atoms with Gasteiger partial charge < -0.3 is 20.3 Å². The fourth-order valence-electron chi connectivity index (χ4n) is 5.96. The van der Waals surface area contributed by atoms with Crippen molar-refractivity contribution in [1.82, 2.24) is 25.2 Å². The molecular formula is C34H38N6O4S. The summed E-state index contributed by atoms with van der Waals surface area (Å²) in [5, 5.41) is 18.5. The van der Waals surface area contributed by atoms with Crippen LogP contribution in [0.1, 0.15) is 39.7 Å². The molecule has 0 spiro atoms. The molecule has 1 aliphatic rings. The fraction of sp³-hybridized carbons (Fsp3) is 0.324. The molecule has 0 radical (unpaired) electrons. The maximum absolute atomic E-state index is 13.8. The molecular weight excluding hydrogens is 588 g/mol. The molecule has 6 rings (SSSR count). The molecule has 1 unspecified atom stereocenters. The summed E-state index contributed by atoms with van der Waals surface area (Å²) in [7, 11) is -2.01. The lowest BCUT2D eigenvalue weighted by Crippen LogP contribution is -2.48. The van der Waals surface area contributed by atoms with Crippen LogP contribution in [0.5, 0.6) is 0 Å². The Kier molecular flexibility index (Phi) is 8.59. The average molecular weight is 627 g/mol. The molecule has 10 nitrogen and oxygen atoms in total. The Balaban J connectivity index is 1.24. The van der Waals surface area contributed by atoms with E-state index in [1.54, 1.807) is 12.3 Å². The average Bonchev–Trinajstić information content (AvgIpc) is 3.36. The summed E-state index contributed by atoms with van der Waals surface area (Å²) in [6.07, 6.45) is 3.94. The van der Waals surface area contributed by atoms with E-state index in [4.69, 9.17) is 0 Å². The summed E-state index contributed by atoms with van der Waals surface area (Å²) >= 11 is 0. The van der Waals surface area contributed by atoms with Crippen LogP contribution in [0.15, 0.2) is 73.1 Å². The van der Waals surface area contributed by atoms with Gasteiger partial charge in [0.25, 0.3) is 5.91 Å². The first-order chi connectivity index (χ1) is 21.6. The van der Waals surface area contributed by atoms with E-state index in [-0.39, 0.29) is 18.2 Å². The van der Waals surface area contributed by atoms with E-state index in [1.807, 2.05) is 79.2 Å². The highest BCUT2D eigenvalue weighted by atomic mass is 32.2. The molecule has 45 heavy (non-hydrogen) atoms. The highest BCUT2D eigenvalue weighted by Crippen LogP contribution is 2.35. The summed E-state index contributed by atoms with van der Waals surface area (Å²) < 4.78 is 29.2. The topological polar surface area (TPSA) is 129 Å². The number of aryl methyl sites for hydroxylation is 3. The summed E-state index contributed by atoms with van der Waals surface area (Å²) in [4.78, 5) is 23.0. The highest BCUT2D eigenvalue weighted by Gasteiger charge is 2.29. The molecule has 0 bridgehead atoms. The number of rotatable bonds is 10. The molecule has 5 aromatic rings. The molecule has 0 fully saturated rings. The monoisotopic (exact) mass is 626 g/mol. The lowest BCUT2D eigenvalue weighted by atomic mass is 10.00. The van der Waals surface area contributed by atoms with Crippen LogP contribution in [0.4, 0.5) is 5.69 Å². The largest absolute Gasteiger partial charge is 0.390 e. The molecule has 2 aromatic heterocycles. The van der Waals surface area contributed by atoms with Crippen molar-refractivity contribution in [2.75, 3.05) is 23.7 Å². The minimum absolute atomic E-state index is 0.0184. The first-order valence-electron chi connectivity index (χ1n) is 15.2. The van der Waals surface area contributed by atoms with E-state index in [9.17, 15) is 18.3 Å². The van der Waals surface area contributed by atoms with Gasteiger partial charge >= 0.3 is 0 Å². The number of fused-ring (bicyclic) bond motifs is 1. The Labute approximate surface area is 263 Å². The Morgan fingerprint density at radius 1 is 1.09 bits per heavy atom. The van der Waals surface area contributed by atoms with Crippen LogP contribution in [0.2, 0.25) is 0 Å². The highest BCUT2D eigenvalue weighted by molar-refractivity contribution is 7.92. The molecule has 1 amide bonds. The second kappa shape index (κ2) is 12.6. The number of nitrogens with zero attached hydrogens (tertiary/aromatic N) is 4. The van der Waals surface area contributed by atoms with Gasteiger partial charge in [-0.15, -0.1) is 0 Å². The number of sulfonamides is 1. The summed E-state index contributed by atoms with van der Waals surface area (Å²) in [6.45, 7) is 5.02. The minimum Gasteiger partial charge on any atom is -0.390 e. The smallest absolute Gasteiger partial charge is 0.251 e. The van der Waals surface area contributed by atoms with Crippen molar-refractivity contribution < 1.29 is 18.3 Å². The van der Waals surface area contributed by atoms with Gasteiger partial charge in [-0.3, -0.25) is 14.1 Å². The Morgan fingerprint density at radius 2 is 1.89 bits per heavy atom. The second-order valence-electron chi connectivity index (χ2n) is 11.7. The molecule has 234 valence electrons. The number of carbonyl (C=O) groups excluding carboxylic acids is 1. The van der Waals surface area contributed by atoms with Gasteiger partial charge in [-0.2, -0.15) is 0 Å². The number of amides is 1. The van der Waals surface area contributed by atoms with Crippen molar-refractivity contribution in [2.45, 2.75) is 51.9 Å². The summed E-state index contributed by atoms with van der Waals surface area (Å²) in [5.74, 6) is -0.399. The number of aliphatic hydroxyl groups excluding tert-OH is 1. The first kappa shape index (κ1) is 30.7. The van der Waals surface area contributed by atoms with Crippen LogP contribution in [0.25, 0.3) is 21.9 Å². The predicted molar refractivity (Wildman–Crippen MR) is 177 cm³/mol. The second-order valence-corrected chi connectivity index (χ2v) is 13.8. The zero-order valence-corrected chi connectivity index (χ0v) is 26.5. The number of hydrogen-bond donors (Lipinski definition) is 3. The molecule has 0 aliphatic carbocycles. The maximum Gasteiger partial charge on any atom is 0.251 e. The third-order valence-electron chi connectivity index (χ3n) is 8.51. The number of carbonyl (C=O) groups is 1. The SMILES string of the molecule is CCc1cn2c3c(cc(C(=O)N[C@@H](Cc4ccccc4)C(O)CNCc4cnc5cc(C)ccc5n4)cc13)N(C)S(=O)(=O)CC2. The van der Waals surface area contributed by atoms with Crippen molar-refractivity contribution in [3.8, 4) is 0 Å². The molecule has 2 atom stereocenters. The van der Waals surface area contributed by atoms with E-state index in [0.717, 1.165) is 50.7 Å².